The third kappa shape index (κ3) is 4.97. The Morgan fingerprint density at radius 2 is 2.00 bits per heavy atom. The summed E-state index contributed by atoms with van der Waals surface area (Å²) in [6.45, 7) is 9.25. The van der Waals surface area contributed by atoms with Crippen LogP contribution in [0.25, 0.3) is 11.0 Å². The van der Waals surface area contributed by atoms with Crippen molar-refractivity contribution in [1.29, 1.82) is 0 Å². The Bertz CT molecular complexity index is 1140. The second-order valence-electron chi connectivity index (χ2n) is 6.94. The quantitative estimate of drug-likeness (QED) is 0.462. The van der Waals surface area contributed by atoms with E-state index in [2.05, 4.69) is 10.3 Å². The molecule has 0 spiro atoms. The van der Waals surface area contributed by atoms with Gasteiger partial charge in [0.1, 0.15) is 5.76 Å². The summed E-state index contributed by atoms with van der Waals surface area (Å²) in [7, 11) is -3.56. The molecule has 0 aliphatic heterocycles. The largest absolute Gasteiger partial charge is 0.467 e. The molecule has 1 aromatic carbocycles. The highest BCUT2D eigenvalue weighted by molar-refractivity contribution is 8.00. The fourth-order valence-electron chi connectivity index (χ4n) is 3.30. The Labute approximate surface area is 187 Å². The van der Waals surface area contributed by atoms with Crippen molar-refractivity contribution in [2.24, 2.45) is 0 Å². The molecule has 0 aliphatic rings. The van der Waals surface area contributed by atoms with Crippen molar-refractivity contribution < 1.29 is 17.6 Å². The molecule has 1 N–H and O–H groups in total. The molecule has 1 atom stereocenters. The molecule has 0 bridgehead atoms. The van der Waals surface area contributed by atoms with E-state index in [0.717, 1.165) is 5.52 Å². The number of thioether (sulfide) groups is 1. The van der Waals surface area contributed by atoms with Gasteiger partial charge in [-0.2, -0.15) is 4.31 Å². The number of nitrogens with one attached hydrogen (secondary N) is 1. The number of amides is 1. The molecule has 168 valence electrons. The number of carbonyl (C=O) groups excluding carboxylic acids is 1. The molecule has 0 unspecified atom stereocenters. The minimum Gasteiger partial charge on any atom is -0.467 e. The van der Waals surface area contributed by atoms with Gasteiger partial charge in [-0.3, -0.25) is 4.79 Å². The zero-order valence-corrected chi connectivity index (χ0v) is 19.8. The maximum absolute atomic E-state index is 12.9. The number of benzene rings is 1. The number of hydrogen-bond acceptors (Lipinski definition) is 6. The molecule has 0 radical (unpaired) electrons. The molecule has 0 saturated heterocycles. The first kappa shape index (κ1) is 23.4. The highest BCUT2D eigenvalue weighted by Crippen LogP contribution is 2.29. The SMILES string of the molecule is CCN(CC)S(=O)(=O)c1ccc2c(c1)nc(S[C@@H](C)C(=O)NCc1ccco1)n2CC. The highest BCUT2D eigenvalue weighted by Gasteiger charge is 2.24. The van der Waals surface area contributed by atoms with E-state index < -0.39 is 10.0 Å². The summed E-state index contributed by atoms with van der Waals surface area (Å²) in [5.74, 6) is 0.564. The van der Waals surface area contributed by atoms with Crippen LogP contribution in [-0.2, 0) is 27.9 Å². The smallest absolute Gasteiger partial charge is 0.243 e. The van der Waals surface area contributed by atoms with Crippen LogP contribution in [-0.4, -0.2) is 46.5 Å². The number of furan rings is 1. The Balaban J connectivity index is 1.83. The van der Waals surface area contributed by atoms with Crippen molar-refractivity contribution >= 4 is 38.7 Å². The van der Waals surface area contributed by atoms with Gasteiger partial charge in [0.25, 0.3) is 0 Å². The summed E-state index contributed by atoms with van der Waals surface area (Å²) < 4.78 is 34.4. The van der Waals surface area contributed by atoms with Gasteiger partial charge in [-0.1, -0.05) is 25.6 Å². The van der Waals surface area contributed by atoms with Crippen molar-refractivity contribution in [2.45, 2.75) is 56.1 Å². The third-order valence-electron chi connectivity index (χ3n) is 5.01. The van der Waals surface area contributed by atoms with Crippen molar-refractivity contribution in [3.63, 3.8) is 0 Å². The number of sulfonamides is 1. The maximum atomic E-state index is 12.9. The first-order valence-electron chi connectivity index (χ1n) is 10.3. The fraction of sp³-hybridized carbons (Fsp3) is 0.429. The standard InChI is InChI=1S/C21H28N4O4S2/c1-5-24(6-2)31(27,28)17-10-11-19-18(13-17)23-21(25(19)7-3)30-15(4)20(26)22-14-16-9-8-12-29-16/h8-13,15H,5-7,14H2,1-4H3,(H,22,26)/t15-/m0/s1. The predicted octanol–water partition coefficient (Wildman–Crippen LogP) is 3.48. The molecule has 0 aliphatic carbocycles. The summed E-state index contributed by atoms with van der Waals surface area (Å²) in [6, 6.07) is 8.60. The van der Waals surface area contributed by atoms with Gasteiger partial charge in [-0.05, 0) is 44.2 Å². The normalized spacial score (nSPS) is 13.1. The minimum absolute atomic E-state index is 0.124. The van der Waals surface area contributed by atoms with Crippen LogP contribution < -0.4 is 5.32 Å². The number of imidazole rings is 1. The van der Waals surface area contributed by atoms with Gasteiger partial charge < -0.3 is 14.3 Å². The number of aryl methyl sites for hydroxylation is 1. The fourth-order valence-corrected chi connectivity index (χ4v) is 5.79. The number of carbonyl (C=O) groups is 1. The van der Waals surface area contributed by atoms with Crippen LogP contribution in [0.15, 0.2) is 51.1 Å². The summed E-state index contributed by atoms with van der Waals surface area (Å²) in [5.41, 5.74) is 1.44. The van der Waals surface area contributed by atoms with Gasteiger partial charge in [0, 0.05) is 19.6 Å². The average molecular weight is 465 g/mol. The van der Waals surface area contributed by atoms with Gasteiger partial charge in [-0.25, -0.2) is 13.4 Å². The van der Waals surface area contributed by atoms with Crippen LogP contribution in [0.5, 0.6) is 0 Å². The molecular formula is C21H28N4O4S2. The van der Waals surface area contributed by atoms with Gasteiger partial charge >= 0.3 is 0 Å². The Hall–Kier alpha value is -2.30. The lowest BCUT2D eigenvalue weighted by Gasteiger charge is -2.18. The number of rotatable bonds is 10. The summed E-state index contributed by atoms with van der Waals surface area (Å²) in [5, 5.41) is 3.15. The summed E-state index contributed by atoms with van der Waals surface area (Å²) >= 11 is 1.34. The minimum atomic E-state index is -3.56. The van der Waals surface area contributed by atoms with E-state index in [-0.39, 0.29) is 16.1 Å². The predicted molar refractivity (Wildman–Crippen MR) is 121 cm³/mol. The average Bonchev–Trinajstić information content (AvgIpc) is 3.39. The van der Waals surface area contributed by atoms with Crippen molar-refractivity contribution in [3.8, 4) is 0 Å². The number of aromatic nitrogens is 2. The highest BCUT2D eigenvalue weighted by atomic mass is 32.2. The molecule has 10 heteroatoms. The Kier molecular flexibility index (Phi) is 7.45. The topological polar surface area (TPSA) is 97.4 Å². The Morgan fingerprint density at radius 1 is 1.26 bits per heavy atom. The van der Waals surface area contributed by atoms with Crippen molar-refractivity contribution in [3.05, 3.63) is 42.4 Å². The maximum Gasteiger partial charge on any atom is 0.243 e. The van der Waals surface area contributed by atoms with E-state index in [9.17, 15) is 13.2 Å². The second-order valence-corrected chi connectivity index (χ2v) is 10.2. The molecule has 0 saturated carbocycles. The van der Waals surface area contributed by atoms with Gasteiger partial charge in [0.15, 0.2) is 5.16 Å². The molecular weight excluding hydrogens is 436 g/mol. The molecule has 0 fully saturated rings. The number of fused-ring (bicyclic) bond motifs is 1. The Morgan fingerprint density at radius 3 is 2.61 bits per heavy atom. The molecule has 8 nitrogen and oxygen atoms in total. The van der Waals surface area contributed by atoms with Crippen LogP contribution in [0.4, 0.5) is 0 Å². The molecule has 2 aromatic heterocycles. The van der Waals surface area contributed by atoms with Crippen molar-refractivity contribution in [2.75, 3.05) is 13.1 Å². The summed E-state index contributed by atoms with van der Waals surface area (Å²) in [4.78, 5) is 17.4. The summed E-state index contributed by atoms with van der Waals surface area (Å²) in [6.07, 6.45) is 1.57. The first-order chi connectivity index (χ1) is 14.8. The monoisotopic (exact) mass is 464 g/mol. The van der Waals surface area contributed by atoms with Crippen LogP contribution >= 0.6 is 11.8 Å². The molecule has 3 aromatic rings. The van der Waals surface area contributed by atoms with Crippen LogP contribution in [0.2, 0.25) is 0 Å². The lowest BCUT2D eigenvalue weighted by Crippen LogP contribution is -2.30. The van der Waals surface area contributed by atoms with E-state index in [1.807, 2.05) is 32.3 Å². The van der Waals surface area contributed by atoms with E-state index in [0.29, 0.717) is 42.6 Å². The van der Waals surface area contributed by atoms with E-state index in [4.69, 9.17) is 4.42 Å². The van der Waals surface area contributed by atoms with Crippen LogP contribution in [0.3, 0.4) is 0 Å². The molecule has 3 rings (SSSR count). The zero-order chi connectivity index (χ0) is 22.6. The zero-order valence-electron chi connectivity index (χ0n) is 18.2. The van der Waals surface area contributed by atoms with E-state index in [1.54, 1.807) is 36.6 Å². The molecule has 31 heavy (non-hydrogen) atoms. The second kappa shape index (κ2) is 9.88. The van der Waals surface area contributed by atoms with Gasteiger partial charge in [-0.15, -0.1) is 0 Å². The van der Waals surface area contributed by atoms with E-state index >= 15 is 0 Å². The molecule has 2 heterocycles. The lowest BCUT2D eigenvalue weighted by atomic mass is 10.3. The van der Waals surface area contributed by atoms with Crippen LogP contribution in [0.1, 0.15) is 33.5 Å². The number of nitrogens with zero attached hydrogens (tertiary/aromatic N) is 3. The van der Waals surface area contributed by atoms with Gasteiger partial charge in [0.2, 0.25) is 15.9 Å². The third-order valence-corrected chi connectivity index (χ3v) is 8.15. The van der Waals surface area contributed by atoms with Crippen molar-refractivity contribution in [1.82, 2.24) is 19.2 Å². The lowest BCUT2D eigenvalue weighted by molar-refractivity contribution is -0.120. The van der Waals surface area contributed by atoms with Crippen LogP contribution in [0, 0.1) is 0 Å². The number of hydrogen-bond donors (Lipinski definition) is 1. The van der Waals surface area contributed by atoms with Gasteiger partial charge in [0.05, 0.1) is 34.0 Å². The van der Waals surface area contributed by atoms with E-state index in [1.165, 1.54) is 16.1 Å². The molecule has 1 amide bonds. The first-order valence-corrected chi connectivity index (χ1v) is 12.6.